The van der Waals surface area contributed by atoms with Gasteiger partial charge in [0.2, 0.25) is 0 Å². The summed E-state index contributed by atoms with van der Waals surface area (Å²) < 4.78 is 7.40. The van der Waals surface area contributed by atoms with E-state index in [4.69, 9.17) is 11.6 Å². The molecule has 2 heterocycles. The number of esters is 1. The zero-order valence-corrected chi connectivity index (χ0v) is 13.4. The standard InChI is InChI=1S/C13H8BrClN2O2S/c1-19-12(18)11-6-17-5-10(16-13(17)20-11)8-3-2-7(14)4-9(8)15/h2-6H,1H3. The van der Waals surface area contributed by atoms with Crippen LogP contribution in [0.2, 0.25) is 5.02 Å². The Bertz CT molecular complexity index is 780. The molecule has 2 aromatic heterocycles. The van der Waals surface area contributed by atoms with E-state index in [1.54, 1.807) is 10.6 Å². The van der Waals surface area contributed by atoms with Crippen molar-refractivity contribution in [3.63, 3.8) is 0 Å². The lowest BCUT2D eigenvalue weighted by Crippen LogP contribution is -1.97. The number of fused-ring (bicyclic) bond motifs is 1. The molecule has 1 aromatic carbocycles. The molecule has 0 unspecified atom stereocenters. The first kappa shape index (κ1) is 13.6. The fourth-order valence-electron chi connectivity index (χ4n) is 1.82. The molecule has 0 aliphatic rings. The van der Waals surface area contributed by atoms with Crippen molar-refractivity contribution in [2.45, 2.75) is 0 Å². The molecule has 3 aromatic rings. The van der Waals surface area contributed by atoms with Crippen LogP contribution in [0.3, 0.4) is 0 Å². The molecule has 102 valence electrons. The Morgan fingerprint density at radius 2 is 2.25 bits per heavy atom. The van der Waals surface area contributed by atoms with E-state index in [0.29, 0.717) is 9.90 Å². The van der Waals surface area contributed by atoms with E-state index in [2.05, 4.69) is 25.7 Å². The van der Waals surface area contributed by atoms with Gasteiger partial charge in [0.1, 0.15) is 4.88 Å². The summed E-state index contributed by atoms with van der Waals surface area (Å²) in [4.78, 5) is 17.2. The molecule has 0 atom stereocenters. The van der Waals surface area contributed by atoms with E-state index < -0.39 is 0 Å². The number of imidazole rings is 1. The highest BCUT2D eigenvalue weighted by Crippen LogP contribution is 2.31. The molecule has 0 amide bonds. The van der Waals surface area contributed by atoms with Crippen LogP contribution in [0.15, 0.2) is 35.1 Å². The molecule has 0 aliphatic carbocycles. The maximum atomic E-state index is 11.4. The van der Waals surface area contributed by atoms with Gasteiger partial charge in [-0.25, -0.2) is 9.78 Å². The van der Waals surface area contributed by atoms with Crippen LogP contribution in [-0.2, 0) is 4.74 Å². The van der Waals surface area contributed by atoms with Gasteiger partial charge in [-0.05, 0) is 12.1 Å². The summed E-state index contributed by atoms with van der Waals surface area (Å²) in [5.41, 5.74) is 1.62. The fraction of sp³-hybridized carbons (Fsp3) is 0.0769. The number of thiazole rings is 1. The number of aromatic nitrogens is 2. The van der Waals surface area contributed by atoms with Crippen LogP contribution < -0.4 is 0 Å². The van der Waals surface area contributed by atoms with Gasteiger partial charge >= 0.3 is 5.97 Å². The number of nitrogens with zero attached hydrogens (tertiary/aromatic N) is 2. The van der Waals surface area contributed by atoms with Crippen molar-refractivity contribution in [2.24, 2.45) is 0 Å². The van der Waals surface area contributed by atoms with Crippen molar-refractivity contribution in [3.8, 4) is 11.3 Å². The summed E-state index contributed by atoms with van der Waals surface area (Å²) in [5.74, 6) is -0.358. The molecule has 4 nitrogen and oxygen atoms in total. The van der Waals surface area contributed by atoms with Crippen LogP contribution in [0, 0.1) is 0 Å². The second-order valence-electron chi connectivity index (χ2n) is 4.03. The van der Waals surface area contributed by atoms with Gasteiger partial charge in [0.15, 0.2) is 4.96 Å². The topological polar surface area (TPSA) is 43.6 Å². The van der Waals surface area contributed by atoms with Crippen LogP contribution in [0.25, 0.3) is 16.2 Å². The Kier molecular flexibility index (Phi) is 3.54. The summed E-state index contributed by atoms with van der Waals surface area (Å²) in [6.07, 6.45) is 3.54. The van der Waals surface area contributed by atoms with Crippen molar-refractivity contribution < 1.29 is 9.53 Å². The smallest absolute Gasteiger partial charge is 0.349 e. The van der Waals surface area contributed by atoms with Crippen molar-refractivity contribution in [3.05, 3.63) is 45.0 Å². The first-order valence-corrected chi connectivity index (χ1v) is 7.59. The van der Waals surface area contributed by atoms with Crippen LogP contribution in [0.4, 0.5) is 0 Å². The molecule has 0 saturated heterocycles. The first-order chi connectivity index (χ1) is 9.58. The number of benzene rings is 1. The van der Waals surface area contributed by atoms with Gasteiger partial charge in [-0.2, -0.15) is 0 Å². The minimum Gasteiger partial charge on any atom is -0.465 e. The van der Waals surface area contributed by atoms with Crippen molar-refractivity contribution in [1.29, 1.82) is 0 Å². The molecular formula is C13H8BrClN2O2S. The van der Waals surface area contributed by atoms with E-state index in [9.17, 15) is 4.79 Å². The molecule has 20 heavy (non-hydrogen) atoms. The molecule has 3 rings (SSSR count). The van der Waals surface area contributed by atoms with Crippen molar-refractivity contribution >= 4 is 49.8 Å². The first-order valence-electron chi connectivity index (χ1n) is 5.61. The van der Waals surface area contributed by atoms with Crippen LogP contribution in [0.1, 0.15) is 9.67 Å². The third kappa shape index (κ3) is 2.34. The Morgan fingerprint density at radius 3 is 2.90 bits per heavy atom. The largest absolute Gasteiger partial charge is 0.465 e. The van der Waals surface area contributed by atoms with Crippen LogP contribution in [0.5, 0.6) is 0 Å². The van der Waals surface area contributed by atoms with Gasteiger partial charge in [0.05, 0.1) is 17.8 Å². The summed E-state index contributed by atoms with van der Waals surface area (Å²) in [6, 6.07) is 5.64. The Morgan fingerprint density at radius 1 is 1.45 bits per heavy atom. The second kappa shape index (κ2) is 5.20. The summed E-state index contributed by atoms with van der Waals surface area (Å²) in [6.45, 7) is 0. The predicted octanol–water partition coefficient (Wildman–Crippen LogP) is 4.27. The van der Waals surface area contributed by atoms with Gasteiger partial charge < -0.3 is 4.74 Å². The highest BCUT2D eigenvalue weighted by molar-refractivity contribution is 9.10. The van der Waals surface area contributed by atoms with Crippen LogP contribution in [-0.4, -0.2) is 22.5 Å². The molecule has 0 bridgehead atoms. The number of hydrogen-bond donors (Lipinski definition) is 0. The average molecular weight is 372 g/mol. The molecule has 7 heteroatoms. The fourth-order valence-corrected chi connectivity index (χ4v) is 3.47. The van der Waals surface area contributed by atoms with Crippen LogP contribution >= 0.6 is 38.9 Å². The molecule has 0 fully saturated rings. The molecule has 0 aliphatic heterocycles. The number of rotatable bonds is 2. The molecule has 0 N–H and O–H groups in total. The quantitative estimate of drug-likeness (QED) is 0.632. The normalized spacial score (nSPS) is 10.9. The lowest BCUT2D eigenvalue weighted by atomic mass is 10.2. The third-order valence-corrected chi connectivity index (χ3v) is 4.53. The maximum Gasteiger partial charge on any atom is 0.349 e. The average Bonchev–Trinajstić information content (AvgIpc) is 2.95. The maximum absolute atomic E-state index is 11.4. The monoisotopic (exact) mass is 370 g/mol. The molecule has 0 spiro atoms. The van der Waals surface area contributed by atoms with E-state index in [0.717, 1.165) is 20.7 Å². The Balaban J connectivity index is 2.05. The lowest BCUT2D eigenvalue weighted by molar-refractivity contribution is 0.0606. The predicted molar refractivity (Wildman–Crippen MR) is 82.6 cm³/mol. The molecule has 0 radical (unpaired) electrons. The van der Waals surface area contributed by atoms with Crippen molar-refractivity contribution in [1.82, 2.24) is 9.38 Å². The lowest BCUT2D eigenvalue weighted by Gasteiger charge is -2.00. The minimum atomic E-state index is -0.358. The second-order valence-corrected chi connectivity index (χ2v) is 6.36. The molecule has 0 saturated carbocycles. The van der Waals surface area contributed by atoms with E-state index in [1.807, 2.05) is 24.4 Å². The number of carbonyl (C=O) groups is 1. The zero-order chi connectivity index (χ0) is 14.3. The zero-order valence-electron chi connectivity index (χ0n) is 10.3. The highest BCUT2D eigenvalue weighted by Gasteiger charge is 2.14. The highest BCUT2D eigenvalue weighted by atomic mass is 79.9. The van der Waals surface area contributed by atoms with Gasteiger partial charge in [0, 0.05) is 22.4 Å². The van der Waals surface area contributed by atoms with Gasteiger partial charge in [-0.3, -0.25) is 4.40 Å². The molecular weight excluding hydrogens is 364 g/mol. The SMILES string of the molecule is COC(=O)c1cn2cc(-c3ccc(Br)cc3Cl)nc2s1. The van der Waals surface area contributed by atoms with Gasteiger partial charge in [0.25, 0.3) is 0 Å². The number of ether oxygens (including phenoxy) is 1. The minimum absolute atomic E-state index is 0.358. The summed E-state index contributed by atoms with van der Waals surface area (Å²) in [7, 11) is 1.36. The van der Waals surface area contributed by atoms with E-state index >= 15 is 0 Å². The van der Waals surface area contributed by atoms with E-state index in [1.165, 1.54) is 18.4 Å². The Labute approximate surface area is 132 Å². The third-order valence-electron chi connectivity index (χ3n) is 2.75. The summed E-state index contributed by atoms with van der Waals surface area (Å²) >= 11 is 10.9. The Hall–Kier alpha value is -1.37. The van der Waals surface area contributed by atoms with Gasteiger partial charge in [-0.1, -0.05) is 44.9 Å². The number of methoxy groups -OCH3 is 1. The van der Waals surface area contributed by atoms with Gasteiger partial charge in [-0.15, -0.1) is 0 Å². The summed E-state index contributed by atoms with van der Waals surface area (Å²) in [5, 5.41) is 0.623. The van der Waals surface area contributed by atoms with E-state index in [-0.39, 0.29) is 5.97 Å². The van der Waals surface area contributed by atoms with Crippen molar-refractivity contribution in [2.75, 3.05) is 7.11 Å². The number of halogens is 2. The number of hydrogen-bond acceptors (Lipinski definition) is 4. The number of carbonyl (C=O) groups excluding carboxylic acids is 1.